The Bertz CT molecular complexity index is 1920. The Morgan fingerprint density at radius 1 is 0.929 bits per heavy atom. The van der Waals surface area contributed by atoms with Crippen molar-refractivity contribution in [2.75, 3.05) is 13.1 Å². The number of nitrogens with zero attached hydrogens (tertiary/aromatic N) is 6. The zero-order valence-corrected chi connectivity index (χ0v) is 23.6. The van der Waals surface area contributed by atoms with Crippen molar-refractivity contribution in [1.29, 1.82) is 0 Å². The normalized spacial score (nSPS) is 15.0. The molecule has 3 aromatic heterocycles. The summed E-state index contributed by atoms with van der Waals surface area (Å²) in [5.74, 6) is 0.969. The Kier molecular flexibility index (Phi) is 6.53. The fraction of sp³-hybridized carbons (Fsp3) is 0.235. The van der Waals surface area contributed by atoms with Crippen LogP contribution < -0.4 is 0 Å². The molecule has 1 unspecified atom stereocenters. The van der Waals surface area contributed by atoms with Crippen molar-refractivity contribution in [2.45, 2.75) is 31.7 Å². The van der Waals surface area contributed by atoms with Gasteiger partial charge in [0, 0.05) is 48.8 Å². The molecular formula is C34H31FN6O. The predicted molar refractivity (Wildman–Crippen MR) is 162 cm³/mol. The van der Waals surface area contributed by atoms with E-state index in [2.05, 4.69) is 45.8 Å². The molecule has 7 rings (SSSR count). The van der Waals surface area contributed by atoms with Gasteiger partial charge in [0.2, 0.25) is 0 Å². The van der Waals surface area contributed by atoms with Crippen LogP contribution in [0.1, 0.15) is 53.6 Å². The van der Waals surface area contributed by atoms with Gasteiger partial charge in [-0.25, -0.2) is 9.37 Å². The van der Waals surface area contributed by atoms with E-state index in [9.17, 15) is 9.18 Å². The second-order valence-electron chi connectivity index (χ2n) is 11.0. The smallest absolute Gasteiger partial charge is 0.253 e. The molecule has 42 heavy (non-hydrogen) atoms. The fourth-order valence-corrected chi connectivity index (χ4v) is 6.28. The van der Waals surface area contributed by atoms with E-state index in [1.807, 2.05) is 54.5 Å². The van der Waals surface area contributed by atoms with Crippen LogP contribution in [0, 0.1) is 5.82 Å². The molecule has 0 bridgehead atoms. The molecule has 8 heteroatoms. The van der Waals surface area contributed by atoms with Crippen molar-refractivity contribution in [2.24, 2.45) is 7.05 Å². The molecule has 210 valence electrons. The first-order valence-electron chi connectivity index (χ1n) is 14.4. The summed E-state index contributed by atoms with van der Waals surface area (Å²) >= 11 is 0. The van der Waals surface area contributed by atoms with E-state index < -0.39 is 0 Å². The minimum Gasteiger partial charge on any atom is -0.339 e. The number of carbonyl (C=O) groups is 1. The van der Waals surface area contributed by atoms with Gasteiger partial charge < -0.3 is 9.47 Å². The van der Waals surface area contributed by atoms with Crippen molar-refractivity contribution in [3.8, 4) is 11.3 Å². The van der Waals surface area contributed by atoms with E-state index in [-0.39, 0.29) is 23.7 Å². The maximum absolute atomic E-state index is 14.5. The lowest BCUT2D eigenvalue weighted by molar-refractivity contribution is 0.0710. The average molecular weight is 559 g/mol. The van der Waals surface area contributed by atoms with E-state index in [1.54, 1.807) is 22.9 Å². The van der Waals surface area contributed by atoms with Crippen molar-refractivity contribution in [3.05, 3.63) is 114 Å². The Morgan fingerprint density at radius 2 is 1.69 bits per heavy atom. The fourth-order valence-electron chi connectivity index (χ4n) is 6.28. The summed E-state index contributed by atoms with van der Waals surface area (Å²) in [6.45, 7) is 3.47. The Labute approximate surface area is 243 Å². The molecule has 4 heterocycles. The maximum Gasteiger partial charge on any atom is 0.253 e. The molecule has 1 fully saturated rings. The molecule has 6 aromatic rings. The molecule has 0 N–H and O–H groups in total. The molecule has 1 atom stereocenters. The molecule has 3 aromatic carbocycles. The maximum atomic E-state index is 14.5. The zero-order chi connectivity index (χ0) is 28.8. The van der Waals surface area contributed by atoms with Crippen LogP contribution in [-0.4, -0.2) is 48.2 Å². The van der Waals surface area contributed by atoms with Gasteiger partial charge in [0.25, 0.3) is 5.91 Å². The summed E-state index contributed by atoms with van der Waals surface area (Å²) in [6, 6.07) is 26.5. The summed E-state index contributed by atoms with van der Waals surface area (Å²) in [5, 5.41) is 5.40. The largest absolute Gasteiger partial charge is 0.339 e. The van der Waals surface area contributed by atoms with E-state index in [0.717, 1.165) is 46.3 Å². The molecule has 1 amide bonds. The SMILES string of the molecule is CC(c1ccccn1)n1c(C2CCN(C(=O)c3ccc4c(-c5ccccc5F)nn(C)c4c3)CC2)nc2ccccc21. The number of hydrogen-bond donors (Lipinski definition) is 0. The van der Waals surface area contributed by atoms with Gasteiger partial charge in [-0.3, -0.25) is 14.5 Å². The number of carbonyl (C=O) groups excluding carboxylic acids is 1. The van der Waals surface area contributed by atoms with Crippen LogP contribution in [0.5, 0.6) is 0 Å². The van der Waals surface area contributed by atoms with E-state index >= 15 is 0 Å². The van der Waals surface area contributed by atoms with E-state index in [1.165, 1.54) is 6.07 Å². The van der Waals surface area contributed by atoms with E-state index in [0.29, 0.717) is 29.9 Å². The molecule has 1 aliphatic rings. The highest BCUT2D eigenvalue weighted by Crippen LogP contribution is 2.35. The van der Waals surface area contributed by atoms with Crippen LogP contribution >= 0.6 is 0 Å². The number of hydrogen-bond acceptors (Lipinski definition) is 4. The van der Waals surface area contributed by atoms with Crippen molar-refractivity contribution in [3.63, 3.8) is 0 Å². The quantitative estimate of drug-likeness (QED) is 0.235. The number of piperidine rings is 1. The number of fused-ring (bicyclic) bond motifs is 2. The zero-order valence-electron chi connectivity index (χ0n) is 23.6. The van der Waals surface area contributed by atoms with Gasteiger partial charge in [-0.1, -0.05) is 30.3 Å². The predicted octanol–water partition coefficient (Wildman–Crippen LogP) is 6.75. The summed E-state index contributed by atoms with van der Waals surface area (Å²) in [4.78, 5) is 25.3. The number of amides is 1. The average Bonchev–Trinajstić information content (AvgIpc) is 3.58. The minimum absolute atomic E-state index is 0.000603. The van der Waals surface area contributed by atoms with Gasteiger partial charge in [0.1, 0.15) is 17.3 Å². The molecule has 1 saturated heterocycles. The lowest BCUT2D eigenvalue weighted by Crippen LogP contribution is -2.38. The second-order valence-corrected chi connectivity index (χ2v) is 11.0. The van der Waals surface area contributed by atoms with Crippen molar-refractivity contribution >= 4 is 27.8 Å². The van der Waals surface area contributed by atoms with Crippen LogP contribution in [0.15, 0.2) is 91.1 Å². The highest BCUT2D eigenvalue weighted by molar-refractivity contribution is 6.01. The van der Waals surface area contributed by atoms with Crippen molar-refractivity contribution < 1.29 is 9.18 Å². The molecule has 0 aliphatic carbocycles. The van der Waals surface area contributed by atoms with Gasteiger partial charge in [0.05, 0.1) is 28.3 Å². The third kappa shape index (κ3) is 4.43. The number of benzene rings is 3. The number of aromatic nitrogens is 5. The number of imidazole rings is 1. The molecule has 1 aliphatic heterocycles. The van der Waals surface area contributed by atoms with Crippen LogP contribution in [0.2, 0.25) is 0 Å². The number of rotatable bonds is 5. The summed E-state index contributed by atoms with van der Waals surface area (Å²) in [6.07, 6.45) is 3.49. The molecule has 0 saturated carbocycles. The van der Waals surface area contributed by atoms with Gasteiger partial charge in [-0.15, -0.1) is 0 Å². The Hall–Kier alpha value is -4.85. The highest BCUT2D eigenvalue weighted by atomic mass is 19.1. The summed E-state index contributed by atoms with van der Waals surface area (Å²) in [5.41, 5.74) is 5.52. The lowest BCUT2D eigenvalue weighted by atomic mass is 9.94. The molecule has 0 radical (unpaired) electrons. The number of halogens is 1. The van der Waals surface area contributed by atoms with Gasteiger partial charge in [-0.2, -0.15) is 5.10 Å². The van der Waals surface area contributed by atoms with Crippen LogP contribution in [0.3, 0.4) is 0 Å². The monoisotopic (exact) mass is 558 g/mol. The number of para-hydroxylation sites is 2. The number of aryl methyl sites for hydroxylation is 1. The summed E-state index contributed by atoms with van der Waals surface area (Å²) < 4.78 is 18.6. The third-order valence-corrected chi connectivity index (χ3v) is 8.50. The first-order chi connectivity index (χ1) is 20.5. The first kappa shape index (κ1) is 26.1. The minimum atomic E-state index is -0.316. The Morgan fingerprint density at radius 3 is 2.48 bits per heavy atom. The van der Waals surface area contributed by atoms with Gasteiger partial charge in [0.15, 0.2) is 0 Å². The van der Waals surface area contributed by atoms with Crippen molar-refractivity contribution in [1.82, 2.24) is 29.2 Å². The summed E-state index contributed by atoms with van der Waals surface area (Å²) in [7, 11) is 1.82. The third-order valence-electron chi connectivity index (χ3n) is 8.50. The topological polar surface area (TPSA) is 68.8 Å². The van der Waals surface area contributed by atoms with E-state index in [4.69, 9.17) is 4.98 Å². The van der Waals surface area contributed by atoms with Gasteiger partial charge >= 0.3 is 0 Å². The second kappa shape index (κ2) is 10.5. The van der Waals surface area contributed by atoms with Crippen LogP contribution in [0.4, 0.5) is 4.39 Å². The molecular weight excluding hydrogens is 527 g/mol. The Balaban J connectivity index is 1.13. The molecule has 0 spiro atoms. The lowest BCUT2D eigenvalue weighted by Gasteiger charge is -2.32. The molecule has 7 nitrogen and oxygen atoms in total. The number of pyridine rings is 1. The highest BCUT2D eigenvalue weighted by Gasteiger charge is 2.30. The van der Waals surface area contributed by atoms with Gasteiger partial charge in [-0.05, 0) is 74.4 Å². The van der Waals surface area contributed by atoms with Crippen LogP contribution in [-0.2, 0) is 7.05 Å². The standard InChI is InChI=1S/C34H31FN6O/c1-22(28-11-7-8-18-36-28)41-30-13-6-5-12-29(30)37-33(41)23-16-19-40(20-17-23)34(42)24-14-15-26-31(21-24)39(2)38-32(26)25-9-3-4-10-27(25)35/h3-15,18,21-23H,16-17,19-20H2,1-2H3. The first-order valence-corrected chi connectivity index (χ1v) is 14.4. The number of likely N-dealkylation sites (tertiary alicyclic amines) is 1. The van der Waals surface area contributed by atoms with Crippen LogP contribution in [0.25, 0.3) is 33.2 Å².